The number of carbonyl (C=O) groups is 4. The van der Waals surface area contributed by atoms with Gasteiger partial charge in [-0.2, -0.15) is 0 Å². The standard InChI is InChI=1S/C31H46N4O8/c1-4-20(2)22(19-36)35-27-29(39)34(13-12-33-14-16-41-17-15-33)11-7-10-31(27)26(28(35)38)25-23(43-31)8-5-6-9-24(37)32-18-21(3)42-30(25)40/h5,7-8,10,20-23,25-27,36H,4,6,9,11-19H2,1-3H3,(H,32,37)/b8-5-/t20-,21+,22-,23+,25-,26-,27+,31-/m0/s1. The number of amides is 3. The Bertz CT molecular complexity index is 1120. The van der Waals surface area contributed by atoms with Gasteiger partial charge in [0.25, 0.3) is 0 Å². The predicted octanol–water partition coefficient (Wildman–Crippen LogP) is 0.103. The molecule has 2 N–H and O–H groups in total. The molecule has 12 heteroatoms. The van der Waals surface area contributed by atoms with E-state index < -0.39 is 47.7 Å². The van der Waals surface area contributed by atoms with Gasteiger partial charge in [0.15, 0.2) is 0 Å². The molecule has 1 spiro atoms. The molecule has 3 fully saturated rings. The van der Waals surface area contributed by atoms with E-state index in [0.29, 0.717) is 45.7 Å². The van der Waals surface area contributed by atoms with Gasteiger partial charge < -0.3 is 34.4 Å². The molecule has 3 amide bonds. The molecule has 238 valence electrons. The van der Waals surface area contributed by atoms with Crippen molar-refractivity contribution in [3.05, 3.63) is 24.3 Å². The SMILES string of the molecule is CC[C@H](C)[C@H](CO)N1C(=O)[C@@H]2[C@H]3C(=O)O[C@H](C)CNC(=O)CC/C=C\[C@H]3O[C@@]23C=CCN(CCN2CCOCC2)C(=O)[C@@H]13. The van der Waals surface area contributed by atoms with E-state index in [-0.39, 0.29) is 43.2 Å². The Morgan fingerprint density at radius 2 is 1.88 bits per heavy atom. The number of rotatable bonds is 7. The first kappa shape index (κ1) is 31.6. The second-order valence-electron chi connectivity index (χ2n) is 12.4. The summed E-state index contributed by atoms with van der Waals surface area (Å²) in [7, 11) is 0. The van der Waals surface area contributed by atoms with Gasteiger partial charge in [-0.1, -0.05) is 44.6 Å². The normalized spacial score (nSPS) is 36.0. The molecule has 0 aliphatic carbocycles. The van der Waals surface area contributed by atoms with Crippen molar-refractivity contribution in [2.75, 3.05) is 59.1 Å². The van der Waals surface area contributed by atoms with E-state index in [4.69, 9.17) is 14.2 Å². The van der Waals surface area contributed by atoms with Crippen LogP contribution in [0.4, 0.5) is 0 Å². The van der Waals surface area contributed by atoms with Gasteiger partial charge in [0.2, 0.25) is 17.7 Å². The van der Waals surface area contributed by atoms with Gasteiger partial charge in [0.1, 0.15) is 23.7 Å². The molecule has 0 aromatic heterocycles. The monoisotopic (exact) mass is 602 g/mol. The summed E-state index contributed by atoms with van der Waals surface area (Å²) in [6, 6.07) is -1.68. The second-order valence-corrected chi connectivity index (χ2v) is 12.4. The molecule has 0 aromatic rings. The van der Waals surface area contributed by atoms with Gasteiger partial charge >= 0.3 is 5.97 Å². The molecule has 5 aliphatic heterocycles. The molecule has 0 unspecified atom stereocenters. The number of ether oxygens (including phenoxy) is 3. The topological polar surface area (TPSA) is 138 Å². The van der Waals surface area contributed by atoms with Crippen LogP contribution in [-0.2, 0) is 33.4 Å². The molecule has 0 aromatic carbocycles. The Hall–Kier alpha value is -2.80. The third kappa shape index (κ3) is 6.11. The van der Waals surface area contributed by atoms with Crippen LogP contribution in [0.25, 0.3) is 0 Å². The molecule has 43 heavy (non-hydrogen) atoms. The van der Waals surface area contributed by atoms with Crippen molar-refractivity contribution in [2.45, 2.75) is 69.9 Å². The van der Waals surface area contributed by atoms with Crippen LogP contribution in [-0.4, -0.2) is 132 Å². The first-order chi connectivity index (χ1) is 20.7. The molecule has 0 radical (unpaired) electrons. The molecule has 0 bridgehead atoms. The number of aliphatic hydroxyl groups is 1. The van der Waals surface area contributed by atoms with Crippen molar-refractivity contribution in [1.29, 1.82) is 0 Å². The lowest BCUT2D eigenvalue weighted by Gasteiger charge is -2.40. The molecular formula is C31H46N4O8. The van der Waals surface area contributed by atoms with E-state index in [0.717, 1.165) is 13.1 Å². The number of esters is 1. The Labute approximate surface area is 253 Å². The Kier molecular flexibility index (Phi) is 9.89. The van der Waals surface area contributed by atoms with Gasteiger partial charge in [-0.25, -0.2) is 0 Å². The quantitative estimate of drug-likeness (QED) is 0.307. The molecule has 12 nitrogen and oxygen atoms in total. The zero-order valence-electron chi connectivity index (χ0n) is 25.5. The summed E-state index contributed by atoms with van der Waals surface area (Å²) < 4.78 is 18.0. The zero-order valence-corrected chi connectivity index (χ0v) is 25.5. The van der Waals surface area contributed by atoms with Gasteiger partial charge in [-0.05, 0) is 19.3 Å². The summed E-state index contributed by atoms with van der Waals surface area (Å²) in [5, 5.41) is 13.3. The van der Waals surface area contributed by atoms with E-state index in [1.807, 2.05) is 19.9 Å². The van der Waals surface area contributed by atoms with Crippen molar-refractivity contribution in [3.63, 3.8) is 0 Å². The van der Waals surface area contributed by atoms with Gasteiger partial charge in [-0.3, -0.25) is 24.1 Å². The first-order valence-electron chi connectivity index (χ1n) is 15.7. The van der Waals surface area contributed by atoms with E-state index in [1.165, 1.54) is 4.90 Å². The lowest BCUT2D eigenvalue weighted by molar-refractivity contribution is -0.160. The summed E-state index contributed by atoms with van der Waals surface area (Å²) in [5.74, 6) is -3.50. The minimum absolute atomic E-state index is 0.103. The highest BCUT2D eigenvalue weighted by Crippen LogP contribution is 2.54. The van der Waals surface area contributed by atoms with Crippen LogP contribution in [0.1, 0.15) is 40.0 Å². The molecule has 5 aliphatic rings. The Morgan fingerprint density at radius 3 is 2.60 bits per heavy atom. The fourth-order valence-corrected chi connectivity index (χ4v) is 7.11. The molecule has 8 atom stereocenters. The number of allylic oxidation sites excluding steroid dienone is 1. The largest absolute Gasteiger partial charge is 0.460 e. The van der Waals surface area contributed by atoms with Crippen LogP contribution in [0.2, 0.25) is 0 Å². The van der Waals surface area contributed by atoms with Crippen LogP contribution < -0.4 is 5.32 Å². The number of fused-ring (bicyclic) bond motifs is 2. The summed E-state index contributed by atoms with van der Waals surface area (Å²) >= 11 is 0. The number of aliphatic hydroxyl groups excluding tert-OH is 1. The first-order valence-corrected chi connectivity index (χ1v) is 15.7. The van der Waals surface area contributed by atoms with E-state index in [1.54, 1.807) is 30.1 Å². The number of hydrogen-bond acceptors (Lipinski definition) is 9. The predicted molar refractivity (Wildman–Crippen MR) is 155 cm³/mol. The maximum absolute atomic E-state index is 14.6. The second kappa shape index (κ2) is 13.5. The minimum Gasteiger partial charge on any atom is -0.460 e. The van der Waals surface area contributed by atoms with Crippen molar-refractivity contribution < 1.29 is 38.5 Å². The zero-order chi connectivity index (χ0) is 30.7. The number of hydrogen-bond donors (Lipinski definition) is 2. The summed E-state index contributed by atoms with van der Waals surface area (Å²) in [6.45, 7) is 9.82. The van der Waals surface area contributed by atoms with Gasteiger partial charge in [-0.15, -0.1) is 0 Å². The number of likely N-dealkylation sites (tertiary alicyclic amines) is 1. The van der Waals surface area contributed by atoms with Crippen molar-refractivity contribution in [3.8, 4) is 0 Å². The smallest absolute Gasteiger partial charge is 0.313 e. The van der Waals surface area contributed by atoms with Gasteiger partial charge in [0, 0.05) is 39.1 Å². The van der Waals surface area contributed by atoms with E-state index in [2.05, 4.69) is 10.2 Å². The lowest BCUT2D eigenvalue weighted by Crippen LogP contribution is -2.59. The Morgan fingerprint density at radius 1 is 1.12 bits per heavy atom. The Balaban J connectivity index is 1.53. The van der Waals surface area contributed by atoms with Crippen LogP contribution in [0.3, 0.4) is 0 Å². The number of carbonyl (C=O) groups excluding carboxylic acids is 4. The maximum atomic E-state index is 14.6. The highest BCUT2D eigenvalue weighted by molar-refractivity contribution is 5.99. The number of nitrogens with zero attached hydrogens (tertiary/aromatic N) is 3. The summed E-state index contributed by atoms with van der Waals surface area (Å²) in [4.78, 5) is 60.6. The van der Waals surface area contributed by atoms with E-state index in [9.17, 15) is 24.3 Å². The summed E-state index contributed by atoms with van der Waals surface area (Å²) in [5.41, 5.74) is -1.42. The maximum Gasteiger partial charge on any atom is 0.313 e. The highest BCUT2D eigenvalue weighted by atomic mass is 16.6. The molecule has 5 rings (SSSR count). The van der Waals surface area contributed by atoms with Crippen LogP contribution in [0.5, 0.6) is 0 Å². The number of morpholine rings is 1. The van der Waals surface area contributed by atoms with E-state index >= 15 is 0 Å². The lowest BCUT2D eigenvalue weighted by atomic mass is 9.78. The molecule has 5 heterocycles. The van der Waals surface area contributed by atoms with Crippen LogP contribution >= 0.6 is 0 Å². The highest BCUT2D eigenvalue weighted by Gasteiger charge is 2.72. The fourth-order valence-electron chi connectivity index (χ4n) is 7.11. The summed E-state index contributed by atoms with van der Waals surface area (Å²) in [6.07, 6.45) is 7.13. The molecule has 0 saturated carbocycles. The van der Waals surface area contributed by atoms with Crippen molar-refractivity contribution >= 4 is 23.7 Å². The molecule has 3 saturated heterocycles. The number of cyclic esters (lactones) is 1. The molecular weight excluding hydrogens is 556 g/mol. The number of nitrogens with one attached hydrogen (secondary N) is 1. The van der Waals surface area contributed by atoms with Gasteiger partial charge in [0.05, 0.1) is 44.4 Å². The average Bonchev–Trinajstić information content (AvgIpc) is 3.39. The third-order valence-corrected chi connectivity index (χ3v) is 9.69. The minimum atomic E-state index is -1.42. The van der Waals surface area contributed by atoms with Crippen LogP contribution in [0.15, 0.2) is 24.3 Å². The van der Waals surface area contributed by atoms with Crippen molar-refractivity contribution in [2.24, 2.45) is 17.8 Å². The third-order valence-electron chi connectivity index (χ3n) is 9.69. The van der Waals surface area contributed by atoms with Crippen molar-refractivity contribution in [1.82, 2.24) is 20.0 Å². The van der Waals surface area contributed by atoms with Crippen LogP contribution in [0, 0.1) is 17.8 Å². The fraction of sp³-hybridized carbons (Fsp3) is 0.742. The average molecular weight is 603 g/mol.